The van der Waals surface area contributed by atoms with Crippen LogP contribution < -0.4 is 5.32 Å². The summed E-state index contributed by atoms with van der Waals surface area (Å²) in [6, 6.07) is 8.00. The Hall–Kier alpha value is -1.71. The summed E-state index contributed by atoms with van der Waals surface area (Å²) in [7, 11) is 0. The van der Waals surface area contributed by atoms with Gasteiger partial charge in [0, 0.05) is 6.92 Å². The van der Waals surface area contributed by atoms with Crippen molar-refractivity contribution in [3.63, 3.8) is 0 Å². The third-order valence-corrected chi connectivity index (χ3v) is 5.62. The predicted molar refractivity (Wildman–Crippen MR) is 109 cm³/mol. The molecule has 3 rings (SSSR count). The topological polar surface area (TPSA) is 187 Å². The Morgan fingerprint density at radius 2 is 1.52 bits per heavy atom. The maximum atomic E-state index is 11.9. The number of aliphatic hydroxyl groups is 6. The van der Waals surface area contributed by atoms with E-state index in [1.807, 2.05) is 30.3 Å². The van der Waals surface area contributed by atoms with Crippen molar-refractivity contribution in [2.24, 2.45) is 0 Å². The van der Waals surface area contributed by atoms with Gasteiger partial charge in [-0.25, -0.2) is 0 Å². The quantitative estimate of drug-likeness (QED) is 0.203. The van der Waals surface area contributed by atoms with Gasteiger partial charge in [-0.05, 0) is 5.56 Å². The number of aliphatic hydroxyl groups excluding tert-OH is 6. The fourth-order valence-electron chi connectivity index (χ4n) is 3.85. The third-order valence-electron chi connectivity index (χ3n) is 5.62. The average molecular weight is 473 g/mol. The first-order valence-corrected chi connectivity index (χ1v) is 10.6. The Balaban J connectivity index is 1.82. The van der Waals surface area contributed by atoms with Crippen LogP contribution in [-0.2, 0) is 30.3 Å². The first kappa shape index (κ1) is 25.9. The summed E-state index contributed by atoms with van der Waals surface area (Å²) in [6.45, 7) is 0.0539. The Morgan fingerprint density at radius 3 is 2.12 bits per heavy atom. The number of ether oxygens (including phenoxy) is 4. The number of amides is 1. The van der Waals surface area contributed by atoms with Crippen molar-refractivity contribution >= 4 is 5.91 Å². The zero-order valence-electron chi connectivity index (χ0n) is 18.0. The molecule has 0 aromatic heterocycles. The summed E-state index contributed by atoms with van der Waals surface area (Å²) in [4.78, 5) is 11.9. The molecule has 12 nitrogen and oxygen atoms in total. The average Bonchev–Trinajstić information content (AvgIpc) is 2.81. The van der Waals surface area contributed by atoms with Gasteiger partial charge in [-0.2, -0.15) is 0 Å². The molecule has 7 N–H and O–H groups in total. The minimum Gasteiger partial charge on any atom is -0.394 e. The lowest BCUT2D eigenvalue weighted by molar-refractivity contribution is -0.345. The maximum absolute atomic E-state index is 11.9. The lowest BCUT2D eigenvalue weighted by Gasteiger charge is -2.47. The molecule has 2 fully saturated rings. The van der Waals surface area contributed by atoms with E-state index in [-0.39, 0.29) is 6.61 Å². The van der Waals surface area contributed by atoms with E-state index in [9.17, 15) is 35.4 Å². The molecule has 1 amide bonds. The molecule has 0 spiro atoms. The normalized spacial score (nSPS) is 39.2. The first-order chi connectivity index (χ1) is 15.8. The van der Waals surface area contributed by atoms with Crippen molar-refractivity contribution in [1.82, 2.24) is 5.32 Å². The summed E-state index contributed by atoms with van der Waals surface area (Å²) in [5, 5.41) is 62.8. The SMILES string of the molecule is CC(=O)N[C@H]1[C@H](OCc2ccccc2)O[C@H](CO)[C@@H](O)[C@@H]1O[C@@H]1O[C@H](CO)[C@H](O)[C@H](O)[C@H]1O. The molecule has 0 unspecified atom stereocenters. The van der Waals surface area contributed by atoms with Crippen molar-refractivity contribution in [3.05, 3.63) is 35.9 Å². The van der Waals surface area contributed by atoms with Gasteiger partial charge in [0.05, 0.1) is 19.8 Å². The molecule has 0 radical (unpaired) electrons. The van der Waals surface area contributed by atoms with Crippen LogP contribution in [0.2, 0.25) is 0 Å². The Kier molecular flexibility index (Phi) is 9.12. The molecule has 1 aromatic rings. The van der Waals surface area contributed by atoms with Gasteiger partial charge in [0.1, 0.15) is 48.8 Å². The van der Waals surface area contributed by atoms with E-state index in [0.29, 0.717) is 0 Å². The zero-order valence-corrected chi connectivity index (χ0v) is 18.0. The van der Waals surface area contributed by atoms with Crippen molar-refractivity contribution in [2.45, 2.75) is 74.9 Å². The third kappa shape index (κ3) is 6.05. The Labute approximate surface area is 190 Å². The Bertz CT molecular complexity index is 751. The van der Waals surface area contributed by atoms with E-state index in [4.69, 9.17) is 18.9 Å². The highest BCUT2D eigenvalue weighted by Crippen LogP contribution is 2.30. The van der Waals surface area contributed by atoms with Crippen LogP contribution in [0.15, 0.2) is 30.3 Å². The molecule has 2 aliphatic heterocycles. The van der Waals surface area contributed by atoms with Gasteiger partial charge in [0.2, 0.25) is 5.91 Å². The summed E-state index contributed by atoms with van der Waals surface area (Å²) in [5.74, 6) is -0.492. The molecular weight excluding hydrogens is 442 g/mol. The van der Waals surface area contributed by atoms with Crippen LogP contribution >= 0.6 is 0 Å². The van der Waals surface area contributed by atoms with Gasteiger partial charge < -0.3 is 54.9 Å². The van der Waals surface area contributed by atoms with E-state index in [1.165, 1.54) is 6.92 Å². The van der Waals surface area contributed by atoms with Gasteiger partial charge >= 0.3 is 0 Å². The smallest absolute Gasteiger partial charge is 0.217 e. The second-order valence-corrected chi connectivity index (χ2v) is 8.04. The molecular formula is C21H31NO11. The molecule has 2 aliphatic rings. The lowest BCUT2D eigenvalue weighted by Crippen LogP contribution is -2.68. The van der Waals surface area contributed by atoms with Crippen LogP contribution in [0.1, 0.15) is 12.5 Å². The minimum absolute atomic E-state index is 0.0859. The highest BCUT2D eigenvalue weighted by atomic mass is 16.7. The van der Waals surface area contributed by atoms with Crippen LogP contribution in [-0.4, -0.2) is 111 Å². The summed E-state index contributed by atoms with van der Waals surface area (Å²) < 4.78 is 22.6. The molecule has 1 aromatic carbocycles. The number of benzene rings is 1. The second-order valence-electron chi connectivity index (χ2n) is 8.04. The number of nitrogens with one attached hydrogen (secondary N) is 1. The van der Waals surface area contributed by atoms with E-state index >= 15 is 0 Å². The van der Waals surface area contributed by atoms with E-state index in [0.717, 1.165) is 5.56 Å². The van der Waals surface area contributed by atoms with Crippen LogP contribution in [0.25, 0.3) is 0 Å². The standard InChI is InChI=1S/C21H31NO11/c1-10(25)22-14-19(33-21-18(29)17(28)15(26)12(7-23)32-21)16(27)13(8-24)31-20(14)30-9-11-5-3-2-4-6-11/h2-6,12-21,23-24,26-29H,7-9H2,1H3,(H,22,25)/t12-,13-,14-,15+,16-,17+,18-,19-,20-,21+/m1/s1. The molecule has 186 valence electrons. The molecule has 12 heteroatoms. The summed E-state index contributed by atoms with van der Waals surface area (Å²) in [5.41, 5.74) is 0.806. The fraction of sp³-hybridized carbons (Fsp3) is 0.667. The van der Waals surface area contributed by atoms with Crippen LogP contribution in [0.3, 0.4) is 0 Å². The number of rotatable bonds is 8. The molecule has 2 saturated heterocycles. The fourth-order valence-corrected chi connectivity index (χ4v) is 3.85. The predicted octanol–water partition coefficient (Wildman–Crippen LogP) is -3.03. The molecule has 2 heterocycles. The first-order valence-electron chi connectivity index (χ1n) is 10.6. The van der Waals surface area contributed by atoms with Gasteiger partial charge in [0.15, 0.2) is 12.6 Å². The molecule has 0 bridgehead atoms. The van der Waals surface area contributed by atoms with Gasteiger partial charge in [-0.1, -0.05) is 30.3 Å². The number of hydrogen-bond acceptors (Lipinski definition) is 11. The van der Waals surface area contributed by atoms with E-state index in [1.54, 1.807) is 0 Å². The highest BCUT2D eigenvalue weighted by molar-refractivity contribution is 5.73. The minimum atomic E-state index is -1.73. The maximum Gasteiger partial charge on any atom is 0.217 e. The molecule has 33 heavy (non-hydrogen) atoms. The van der Waals surface area contributed by atoms with Crippen molar-refractivity contribution in [1.29, 1.82) is 0 Å². The van der Waals surface area contributed by atoms with Gasteiger partial charge in [0.25, 0.3) is 0 Å². The monoisotopic (exact) mass is 473 g/mol. The zero-order chi connectivity index (χ0) is 24.1. The number of hydrogen-bond donors (Lipinski definition) is 7. The molecule has 0 saturated carbocycles. The van der Waals surface area contributed by atoms with E-state index in [2.05, 4.69) is 5.32 Å². The summed E-state index contributed by atoms with van der Waals surface area (Å²) >= 11 is 0. The van der Waals surface area contributed by atoms with Crippen LogP contribution in [0.5, 0.6) is 0 Å². The van der Waals surface area contributed by atoms with Crippen LogP contribution in [0.4, 0.5) is 0 Å². The number of carbonyl (C=O) groups is 1. The number of carbonyl (C=O) groups excluding carboxylic acids is 1. The lowest BCUT2D eigenvalue weighted by atomic mass is 9.95. The largest absolute Gasteiger partial charge is 0.394 e. The second kappa shape index (κ2) is 11.6. The van der Waals surface area contributed by atoms with E-state index < -0.39 is 80.5 Å². The highest BCUT2D eigenvalue weighted by Gasteiger charge is 2.51. The van der Waals surface area contributed by atoms with Gasteiger partial charge in [-0.3, -0.25) is 4.79 Å². The summed E-state index contributed by atoms with van der Waals surface area (Å²) in [6.07, 6.45) is -13.0. The molecule has 0 aliphatic carbocycles. The van der Waals surface area contributed by atoms with Gasteiger partial charge in [-0.15, -0.1) is 0 Å². The Morgan fingerprint density at radius 1 is 0.909 bits per heavy atom. The molecule has 10 atom stereocenters. The van der Waals surface area contributed by atoms with Crippen molar-refractivity contribution in [2.75, 3.05) is 13.2 Å². The van der Waals surface area contributed by atoms with Crippen molar-refractivity contribution < 1.29 is 54.4 Å². The van der Waals surface area contributed by atoms with Crippen LogP contribution in [0, 0.1) is 0 Å². The van der Waals surface area contributed by atoms with Crippen molar-refractivity contribution in [3.8, 4) is 0 Å².